The summed E-state index contributed by atoms with van der Waals surface area (Å²) in [6.07, 6.45) is 2.76. The van der Waals surface area contributed by atoms with E-state index in [0.717, 1.165) is 11.0 Å². The molecule has 0 atom stereocenters. The summed E-state index contributed by atoms with van der Waals surface area (Å²) in [5.74, 6) is 0.359. The van der Waals surface area contributed by atoms with Crippen LogP contribution in [0.15, 0.2) is 39.9 Å². The maximum Gasteiger partial charge on any atom is 0.277 e. The fourth-order valence-electron chi connectivity index (χ4n) is 3.28. The predicted octanol–water partition coefficient (Wildman–Crippen LogP) is 1.33. The molecule has 0 unspecified atom stereocenters. The first-order valence-electron chi connectivity index (χ1n) is 8.67. The molecule has 1 N–H and O–H groups in total. The number of hydrogen-bond donors (Lipinski definition) is 1. The van der Waals surface area contributed by atoms with E-state index in [1.165, 1.54) is 0 Å². The van der Waals surface area contributed by atoms with Crippen LogP contribution in [0.5, 0.6) is 0 Å². The third kappa shape index (κ3) is 2.39. The van der Waals surface area contributed by atoms with Crippen molar-refractivity contribution in [1.29, 1.82) is 0 Å². The van der Waals surface area contributed by atoms with Gasteiger partial charge in [-0.1, -0.05) is 17.3 Å². The number of rotatable bonds is 5. The average molecular weight is 367 g/mol. The standard InChI is InChI=1S/C18H17N5O4/c1-26-9-8-22-11-4-2-3-5-12(11)23-10-19-13(14(23)16(22)24)15-20-17(27-21-15)18(25)6-7-18/h2-5,10,25H,6-9H2,1H3. The molecule has 27 heavy (non-hydrogen) atoms. The van der Waals surface area contributed by atoms with E-state index in [9.17, 15) is 9.90 Å². The minimum Gasteiger partial charge on any atom is -0.383 e. The molecule has 9 heteroatoms. The maximum absolute atomic E-state index is 13.2. The Bertz CT molecular complexity index is 1220. The predicted molar refractivity (Wildman–Crippen MR) is 95.3 cm³/mol. The number of aliphatic hydroxyl groups is 1. The number of methoxy groups -OCH3 is 1. The van der Waals surface area contributed by atoms with Crippen molar-refractivity contribution >= 4 is 16.6 Å². The van der Waals surface area contributed by atoms with E-state index in [0.29, 0.717) is 37.2 Å². The van der Waals surface area contributed by atoms with E-state index in [1.807, 2.05) is 24.3 Å². The van der Waals surface area contributed by atoms with E-state index in [1.54, 1.807) is 22.4 Å². The van der Waals surface area contributed by atoms with Gasteiger partial charge in [0.1, 0.15) is 23.1 Å². The van der Waals surface area contributed by atoms with E-state index in [4.69, 9.17) is 9.26 Å². The molecular formula is C18H17N5O4. The molecule has 4 aromatic rings. The lowest BCUT2D eigenvalue weighted by molar-refractivity contribution is 0.108. The van der Waals surface area contributed by atoms with Gasteiger partial charge in [-0.25, -0.2) is 4.98 Å². The molecule has 0 aliphatic heterocycles. The largest absolute Gasteiger partial charge is 0.383 e. The van der Waals surface area contributed by atoms with Crippen LogP contribution in [0.2, 0.25) is 0 Å². The molecule has 1 fully saturated rings. The highest BCUT2D eigenvalue weighted by Gasteiger charge is 2.48. The molecule has 0 saturated heterocycles. The zero-order valence-corrected chi connectivity index (χ0v) is 14.6. The lowest BCUT2D eigenvalue weighted by Gasteiger charge is -2.11. The second-order valence-corrected chi connectivity index (χ2v) is 6.70. The van der Waals surface area contributed by atoms with Crippen molar-refractivity contribution in [2.24, 2.45) is 0 Å². The van der Waals surface area contributed by atoms with Gasteiger partial charge in [-0.2, -0.15) is 4.98 Å². The van der Waals surface area contributed by atoms with Gasteiger partial charge in [-0.3, -0.25) is 9.20 Å². The zero-order valence-electron chi connectivity index (χ0n) is 14.6. The molecule has 0 spiro atoms. The maximum atomic E-state index is 13.2. The number of para-hydroxylation sites is 2. The molecule has 1 aliphatic carbocycles. The highest BCUT2D eigenvalue weighted by molar-refractivity contribution is 5.83. The Morgan fingerprint density at radius 2 is 2.07 bits per heavy atom. The SMILES string of the molecule is COCCn1c(=O)c2c(-c3noc(C4(O)CC4)n3)ncn2c2ccccc21. The molecule has 3 heterocycles. The first-order chi connectivity index (χ1) is 13.1. The number of ether oxygens (including phenoxy) is 1. The Kier molecular flexibility index (Phi) is 3.43. The van der Waals surface area contributed by atoms with Gasteiger partial charge < -0.3 is 18.9 Å². The lowest BCUT2D eigenvalue weighted by atomic mass is 10.2. The van der Waals surface area contributed by atoms with Crippen LogP contribution < -0.4 is 5.56 Å². The zero-order chi connectivity index (χ0) is 18.6. The number of nitrogens with zero attached hydrogens (tertiary/aromatic N) is 5. The van der Waals surface area contributed by atoms with Crippen LogP contribution in [0.3, 0.4) is 0 Å². The summed E-state index contributed by atoms with van der Waals surface area (Å²) in [4.78, 5) is 21.9. The Balaban J connectivity index is 1.76. The van der Waals surface area contributed by atoms with Crippen LogP contribution >= 0.6 is 0 Å². The van der Waals surface area contributed by atoms with Crippen molar-refractivity contribution in [1.82, 2.24) is 24.1 Å². The minimum atomic E-state index is -1.04. The van der Waals surface area contributed by atoms with Gasteiger partial charge in [0.25, 0.3) is 11.4 Å². The second kappa shape index (κ2) is 5.73. The van der Waals surface area contributed by atoms with Crippen LogP contribution in [0.4, 0.5) is 0 Å². The summed E-state index contributed by atoms with van der Waals surface area (Å²) in [5.41, 5.74) is 1.07. The number of aromatic nitrogens is 5. The number of benzene rings is 1. The average Bonchev–Trinajstić information content (AvgIpc) is 3.11. The highest BCUT2D eigenvalue weighted by atomic mass is 16.5. The van der Waals surface area contributed by atoms with Crippen LogP contribution in [0.25, 0.3) is 28.1 Å². The van der Waals surface area contributed by atoms with Crippen molar-refractivity contribution < 1.29 is 14.4 Å². The van der Waals surface area contributed by atoms with Crippen molar-refractivity contribution in [2.75, 3.05) is 13.7 Å². The van der Waals surface area contributed by atoms with Crippen molar-refractivity contribution in [3.05, 3.63) is 46.8 Å². The monoisotopic (exact) mass is 367 g/mol. The lowest BCUT2D eigenvalue weighted by Crippen LogP contribution is -2.25. The summed E-state index contributed by atoms with van der Waals surface area (Å²) >= 11 is 0. The first kappa shape index (κ1) is 16.2. The first-order valence-corrected chi connectivity index (χ1v) is 8.67. The molecule has 5 rings (SSSR count). The van der Waals surface area contributed by atoms with E-state index < -0.39 is 5.60 Å². The van der Waals surface area contributed by atoms with E-state index in [2.05, 4.69) is 15.1 Å². The van der Waals surface area contributed by atoms with Gasteiger partial charge in [0.05, 0.1) is 17.6 Å². The number of hydrogen-bond acceptors (Lipinski definition) is 7. The molecule has 9 nitrogen and oxygen atoms in total. The van der Waals surface area contributed by atoms with Gasteiger partial charge in [-0.15, -0.1) is 0 Å². The third-order valence-corrected chi connectivity index (χ3v) is 4.93. The fourth-order valence-corrected chi connectivity index (χ4v) is 3.28. The molecule has 0 radical (unpaired) electrons. The fraction of sp³-hybridized carbons (Fsp3) is 0.333. The van der Waals surface area contributed by atoms with Gasteiger partial charge >= 0.3 is 0 Å². The van der Waals surface area contributed by atoms with Crippen LogP contribution in [-0.4, -0.2) is 42.9 Å². The molecular weight excluding hydrogens is 350 g/mol. The van der Waals surface area contributed by atoms with Gasteiger partial charge in [-0.05, 0) is 25.0 Å². The van der Waals surface area contributed by atoms with Crippen LogP contribution in [0, 0.1) is 0 Å². The van der Waals surface area contributed by atoms with Gasteiger partial charge in [0.15, 0.2) is 0 Å². The van der Waals surface area contributed by atoms with Crippen molar-refractivity contribution in [3.63, 3.8) is 0 Å². The smallest absolute Gasteiger partial charge is 0.277 e. The molecule has 0 amide bonds. The Morgan fingerprint density at radius 1 is 1.30 bits per heavy atom. The number of fused-ring (bicyclic) bond motifs is 3. The van der Waals surface area contributed by atoms with E-state index >= 15 is 0 Å². The third-order valence-electron chi connectivity index (χ3n) is 4.93. The van der Waals surface area contributed by atoms with Crippen molar-refractivity contribution in [2.45, 2.75) is 25.0 Å². The highest BCUT2D eigenvalue weighted by Crippen LogP contribution is 2.44. The molecule has 1 saturated carbocycles. The number of imidazole rings is 1. The van der Waals surface area contributed by atoms with Crippen molar-refractivity contribution in [3.8, 4) is 11.5 Å². The normalized spacial score (nSPS) is 15.6. The van der Waals surface area contributed by atoms with Crippen LogP contribution in [-0.2, 0) is 16.9 Å². The Morgan fingerprint density at radius 3 is 2.81 bits per heavy atom. The Labute approximate surface area is 152 Å². The minimum absolute atomic E-state index is 0.166. The quantitative estimate of drug-likeness (QED) is 0.567. The molecule has 3 aromatic heterocycles. The van der Waals surface area contributed by atoms with E-state index in [-0.39, 0.29) is 17.3 Å². The Hall–Kier alpha value is -3.04. The van der Waals surface area contributed by atoms with Crippen LogP contribution in [0.1, 0.15) is 18.7 Å². The van der Waals surface area contributed by atoms with Gasteiger partial charge in [0, 0.05) is 13.7 Å². The molecule has 0 bridgehead atoms. The van der Waals surface area contributed by atoms with Gasteiger partial charge in [0.2, 0.25) is 5.82 Å². The molecule has 138 valence electrons. The summed E-state index contributed by atoms with van der Waals surface area (Å²) in [7, 11) is 1.60. The summed E-state index contributed by atoms with van der Waals surface area (Å²) < 4.78 is 13.7. The second-order valence-electron chi connectivity index (χ2n) is 6.70. The molecule has 1 aromatic carbocycles. The topological polar surface area (TPSA) is 108 Å². The molecule has 1 aliphatic rings. The summed E-state index contributed by atoms with van der Waals surface area (Å²) in [6.45, 7) is 0.817. The summed E-state index contributed by atoms with van der Waals surface area (Å²) in [6, 6.07) is 7.60. The summed E-state index contributed by atoms with van der Waals surface area (Å²) in [5, 5.41) is 14.1.